The van der Waals surface area contributed by atoms with Gasteiger partial charge >= 0.3 is 8.03 Å². The van der Waals surface area contributed by atoms with Gasteiger partial charge in [0.2, 0.25) is 6.41 Å². The van der Waals surface area contributed by atoms with Crippen LogP contribution in [-0.2, 0) is 14.2 Å². The largest absolute Gasteiger partial charge is 0.529 e. The van der Waals surface area contributed by atoms with E-state index in [9.17, 15) is 9.36 Å². The van der Waals surface area contributed by atoms with Crippen molar-refractivity contribution in [1.82, 2.24) is 5.06 Å². The Balaban J connectivity index is 4.00. The molecular formula is C6H13NO4P+. The molecule has 0 aromatic carbocycles. The fourth-order valence-corrected chi connectivity index (χ4v) is 0.918. The lowest BCUT2D eigenvalue weighted by atomic mass is 10.2. The van der Waals surface area contributed by atoms with Gasteiger partial charge < -0.3 is 0 Å². The topological polar surface area (TPSA) is 66.8 Å². The molecule has 0 heterocycles. The van der Waals surface area contributed by atoms with E-state index >= 15 is 0 Å². The second kappa shape index (κ2) is 4.50. The summed E-state index contributed by atoms with van der Waals surface area (Å²) in [4.78, 5) is 23.8. The Labute approximate surface area is 72.1 Å². The van der Waals surface area contributed by atoms with Crippen molar-refractivity contribution in [3.63, 3.8) is 0 Å². The van der Waals surface area contributed by atoms with E-state index in [1.54, 1.807) is 20.8 Å². The molecule has 6 heteroatoms. The molecule has 0 aromatic heterocycles. The average Bonchev–Trinajstić information content (AvgIpc) is 1.82. The van der Waals surface area contributed by atoms with Crippen LogP contribution in [0.2, 0.25) is 0 Å². The van der Waals surface area contributed by atoms with Crippen LogP contribution in [0.3, 0.4) is 0 Å². The van der Waals surface area contributed by atoms with E-state index in [0.717, 1.165) is 5.06 Å². The van der Waals surface area contributed by atoms with Gasteiger partial charge in [0.15, 0.2) is 0 Å². The third-order valence-corrected chi connectivity index (χ3v) is 1.29. The van der Waals surface area contributed by atoms with E-state index in [-0.39, 0.29) is 6.29 Å². The lowest BCUT2D eigenvalue weighted by molar-refractivity contribution is -0.209. The SMILES string of the molecule is CC(C)(C)ON(C=O)C[P+](=O)O. The van der Waals surface area contributed by atoms with E-state index in [4.69, 9.17) is 9.73 Å². The minimum atomic E-state index is -2.38. The van der Waals surface area contributed by atoms with Crippen LogP contribution in [0.1, 0.15) is 20.8 Å². The molecule has 0 fully saturated rings. The zero-order valence-electron chi connectivity index (χ0n) is 7.35. The van der Waals surface area contributed by atoms with Crippen LogP contribution in [0.25, 0.3) is 0 Å². The molecule has 0 saturated carbocycles. The Morgan fingerprint density at radius 2 is 2.08 bits per heavy atom. The fraction of sp³-hybridized carbons (Fsp3) is 0.833. The first-order chi connectivity index (χ1) is 5.35. The molecule has 0 aliphatic heterocycles. The number of hydrogen-bond acceptors (Lipinski definition) is 3. The van der Waals surface area contributed by atoms with Crippen molar-refractivity contribution in [3.05, 3.63) is 0 Å². The number of rotatable bonds is 4. The van der Waals surface area contributed by atoms with Gasteiger partial charge in [-0.3, -0.25) is 9.63 Å². The molecular weight excluding hydrogens is 181 g/mol. The predicted molar refractivity (Wildman–Crippen MR) is 43.4 cm³/mol. The zero-order chi connectivity index (χ0) is 9.78. The molecule has 1 unspecified atom stereocenters. The van der Waals surface area contributed by atoms with E-state index in [1.165, 1.54) is 0 Å². The van der Waals surface area contributed by atoms with Crippen molar-refractivity contribution >= 4 is 14.4 Å². The van der Waals surface area contributed by atoms with Crippen molar-refractivity contribution in [2.45, 2.75) is 26.4 Å². The molecule has 0 saturated heterocycles. The van der Waals surface area contributed by atoms with Crippen molar-refractivity contribution in [3.8, 4) is 0 Å². The van der Waals surface area contributed by atoms with Gasteiger partial charge in [0.25, 0.3) is 6.29 Å². The summed E-state index contributed by atoms with van der Waals surface area (Å²) in [5, 5.41) is 0.818. The highest BCUT2D eigenvalue weighted by atomic mass is 31.1. The molecule has 0 aliphatic rings. The van der Waals surface area contributed by atoms with E-state index < -0.39 is 13.6 Å². The maximum absolute atomic E-state index is 10.3. The lowest BCUT2D eigenvalue weighted by Crippen LogP contribution is -2.32. The van der Waals surface area contributed by atoms with Crippen molar-refractivity contribution < 1.29 is 19.1 Å². The number of amides is 1. The van der Waals surface area contributed by atoms with E-state index in [0.29, 0.717) is 6.41 Å². The molecule has 0 aromatic rings. The van der Waals surface area contributed by atoms with Gasteiger partial charge in [0.05, 0.1) is 5.60 Å². The highest BCUT2D eigenvalue weighted by Gasteiger charge is 2.22. The fourth-order valence-electron chi connectivity index (χ4n) is 0.555. The van der Waals surface area contributed by atoms with Gasteiger partial charge in [-0.2, -0.15) is 9.96 Å². The maximum atomic E-state index is 10.3. The third kappa shape index (κ3) is 6.22. The highest BCUT2D eigenvalue weighted by molar-refractivity contribution is 7.37. The molecule has 0 rings (SSSR count). The van der Waals surface area contributed by atoms with Crippen LogP contribution in [0.15, 0.2) is 0 Å². The van der Waals surface area contributed by atoms with E-state index in [1.807, 2.05) is 0 Å². The van der Waals surface area contributed by atoms with Gasteiger partial charge in [0, 0.05) is 0 Å². The molecule has 5 nitrogen and oxygen atoms in total. The van der Waals surface area contributed by atoms with Gasteiger partial charge in [-0.05, 0) is 25.3 Å². The smallest absolute Gasteiger partial charge is 0.276 e. The van der Waals surface area contributed by atoms with Crippen LogP contribution in [-0.4, -0.2) is 28.3 Å². The summed E-state index contributed by atoms with van der Waals surface area (Å²) in [6.07, 6.45) is 0.0881. The summed E-state index contributed by atoms with van der Waals surface area (Å²) < 4.78 is 10.3. The Morgan fingerprint density at radius 1 is 1.58 bits per heavy atom. The number of carbonyl (C=O) groups is 1. The zero-order valence-corrected chi connectivity index (χ0v) is 8.25. The van der Waals surface area contributed by atoms with Crippen LogP contribution >= 0.6 is 8.03 Å². The maximum Gasteiger partial charge on any atom is 0.529 e. The van der Waals surface area contributed by atoms with Crippen LogP contribution < -0.4 is 0 Å². The van der Waals surface area contributed by atoms with Crippen molar-refractivity contribution in [1.29, 1.82) is 0 Å². The number of hydroxylamine groups is 2. The minimum Gasteiger partial charge on any atom is -0.276 e. The summed E-state index contributed by atoms with van der Waals surface area (Å²) in [6.45, 7) is 5.23. The van der Waals surface area contributed by atoms with Crippen LogP contribution in [0.5, 0.6) is 0 Å². The average molecular weight is 194 g/mol. The van der Waals surface area contributed by atoms with Gasteiger partial charge in [-0.15, -0.1) is 0 Å². The molecule has 0 radical (unpaired) electrons. The second-order valence-corrected chi connectivity index (χ2v) is 4.21. The molecule has 12 heavy (non-hydrogen) atoms. The first-order valence-electron chi connectivity index (χ1n) is 3.40. The Morgan fingerprint density at radius 3 is 2.33 bits per heavy atom. The van der Waals surface area contributed by atoms with Gasteiger partial charge in [-0.25, -0.2) is 0 Å². The van der Waals surface area contributed by atoms with Crippen LogP contribution in [0, 0.1) is 0 Å². The van der Waals surface area contributed by atoms with Gasteiger partial charge in [-0.1, -0.05) is 0 Å². The van der Waals surface area contributed by atoms with Crippen molar-refractivity contribution in [2.75, 3.05) is 6.29 Å². The highest BCUT2D eigenvalue weighted by Crippen LogP contribution is 2.17. The minimum absolute atomic E-state index is 0.296. The molecule has 1 amide bonds. The summed E-state index contributed by atoms with van der Waals surface area (Å²) >= 11 is 0. The summed E-state index contributed by atoms with van der Waals surface area (Å²) in [6, 6.07) is 0. The normalized spacial score (nSPS) is 12.5. The second-order valence-electron chi connectivity index (χ2n) is 3.22. The Bertz CT molecular complexity index is 177. The number of nitrogens with zero attached hydrogens (tertiary/aromatic N) is 1. The third-order valence-electron chi connectivity index (χ3n) is 0.769. The molecule has 1 N–H and O–H groups in total. The van der Waals surface area contributed by atoms with Crippen LogP contribution in [0.4, 0.5) is 0 Å². The standard InChI is InChI=1S/C6H12NO4P/c1-6(2,3)11-7(4-8)5-12(9)10/h4H,5H2,1-3H3/p+1. The summed E-state index contributed by atoms with van der Waals surface area (Å²) in [5.41, 5.74) is -0.535. The molecule has 0 bridgehead atoms. The predicted octanol–water partition coefficient (Wildman–Crippen LogP) is 0.867. The molecule has 0 aliphatic carbocycles. The molecule has 70 valence electrons. The molecule has 1 atom stereocenters. The van der Waals surface area contributed by atoms with E-state index in [2.05, 4.69) is 0 Å². The van der Waals surface area contributed by atoms with Crippen molar-refractivity contribution in [2.24, 2.45) is 0 Å². The summed E-state index contributed by atoms with van der Waals surface area (Å²) in [7, 11) is -2.38. The lowest BCUT2D eigenvalue weighted by Gasteiger charge is -2.22. The number of hydrogen-bond donors (Lipinski definition) is 1. The Hall–Kier alpha value is -0.510. The van der Waals surface area contributed by atoms with Gasteiger partial charge in [0.1, 0.15) is 0 Å². The quantitative estimate of drug-likeness (QED) is 0.409. The first-order valence-corrected chi connectivity index (χ1v) is 4.79. The summed E-state index contributed by atoms with van der Waals surface area (Å²) in [5.74, 6) is 0. The number of carbonyl (C=O) groups excluding carboxylic acids is 1. The first kappa shape index (κ1) is 11.5. The monoisotopic (exact) mass is 194 g/mol. The Kier molecular flexibility index (Phi) is 4.31. The molecule has 0 spiro atoms.